The Hall–Kier alpha value is -3.36. The molecule has 2 N–H and O–H groups in total. The minimum Gasteiger partial charge on any atom is -0.496 e. The number of para-hydroxylation sites is 1. The van der Waals surface area contributed by atoms with Gasteiger partial charge in [0.05, 0.1) is 25.4 Å². The lowest BCUT2D eigenvalue weighted by Gasteiger charge is -2.42. The van der Waals surface area contributed by atoms with Crippen molar-refractivity contribution in [3.63, 3.8) is 0 Å². The molecule has 2 aromatic rings. The second kappa shape index (κ2) is 6.17. The summed E-state index contributed by atoms with van der Waals surface area (Å²) in [5.41, 5.74) is 1.74. The van der Waals surface area contributed by atoms with Crippen molar-refractivity contribution in [3.05, 3.63) is 36.0 Å². The Bertz CT molecular complexity index is 871. The van der Waals surface area contributed by atoms with Gasteiger partial charge in [0.25, 0.3) is 5.91 Å². The molecule has 2 aliphatic heterocycles. The number of nitrogens with zero attached hydrogens (tertiary/aromatic N) is 3. The number of urea groups is 1. The van der Waals surface area contributed by atoms with Gasteiger partial charge < -0.3 is 15.0 Å². The monoisotopic (exact) mass is 355 g/mol. The summed E-state index contributed by atoms with van der Waals surface area (Å²) in [6, 6.07) is 8.41. The van der Waals surface area contributed by atoms with Crippen molar-refractivity contribution in [2.75, 3.05) is 26.7 Å². The fourth-order valence-corrected chi connectivity index (χ4v) is 3.18. The van der Waals surface area contributed by atoms with Crippen molar-refractivity contribution in [3.8, 4) is 17.0 Å². The molecule has 0 aliphatic carbocycles. The number of ether oxygens (including phenoxy) is 1. The normalized spacial score (nSPS) is 17.3. The first kappa shape index (κ1) is 16.1. The maximum absolute atomic E-state index is 12.6. The quantitative estimate of drug-likeness (QED) is 0.775. The van der Waals surface area contributed by atoms with Crippen LogP contribution in [-0.2, 0) is 4.79 Å². The van der Waals surface area contributed by atoms with Crippen molar-refractivity contribution in [1.29, 1.82) is 0 Å². The number of H-pyrrole nitrogens is 1. The lowest BCUT2D eigenvalue weighted by Crippen LogP contribution is -2.62. The van der Waals surface area contributed by atoms with Crippen LogP contribution < -0.4 is 10.1 Å². The van der Waals surface area contributed by atoms with Gasteiger partial charge in [-0.05, 0) is 18.2 Å². The van der Waals surface area contributed by atoms with Crippen molar-refractivity contribution in [2.24, 2.45) is 0 Å². The second-order valence-corrected chi connectivity index (χ2v) is 6.15. The summed E-state index contributed by atoms with van der Waals surface area (Å²) >= 11 is 0. The van der Waals surface area contributed by atoms with Crippen molar-refractivity contribution >= 4 is 17.8 Å². The van der Waals surface area contributed by atoms with Gasteiger partial charge in [0.15, 0.2) is 0 Å². The molecule has 1 aromatic carbocycles. The Labute approximate surface area is 148 Å². The Morgan fingerprint density at radius 3 is 2.73 bits per heavy atom. The first-order chi connectivity index (χ1) is 12.6. The molecule has 4 amide bonds. The Kier molecular flexibility index (Phi) is 3.83. The molecule has 3 heterocycles. The third-order valence-electron chi connectivity index (χ3n) is 4.58. The minimum absolute atomic E-state index is 0.0199. The molecule has 0 saturated carbocycles. The molecule has 2 aliphatic rings. The molecular formula is C17H17N5O4. The van der Waals surface area contributed by atoms with Gasteiger partial charge in [0, 0.05) is 18.7 Å². The summed E-state index contributed by atoms with van der Waals surface area (Å²) < 4.78 is 5.32. The molecule has 1 aromatic heterocycles. The van der Waals surface area contributed by atoms with Gasteiger partial charge in [-0.15, -0.1) is 0 Å². The van der Waals surface area contributed by atoms with Crippen molar-refractivity contribution in [1.82, 2.24) is 25.3 Å². The van der Waals surface area contributed by atoms with Crippen LogP contribution in [0.4, 0.5) is 4.79 Å². The number of carbonyl (C=O) groups is 3. The average molecular weight is 355 g/mol. The van der Waals surface area contributed by atoms with Gasteiger partial charge in [0.1, 0.15) is 11.4 Å². The number of amides is 4. The largest absolute Gasteiger partial charge is 0.496 e. The topological polar surface area (TPSA) is 108 Å². The number of imide groups is 1. The Balaban J connectivity index is 1.45. The van der Waals surface area contributed by atoms with E-state index in [-0.39, 0.29) is 24.4 Å². The number of benzene rings is 1. The van der Waals surface area contributed by atoms with E-state index in [1.165, 1.54) is 4.90 Å². The number of likely N-dealkylation sites (tertiary alicyclic amines) is 1. The van der Waals surface area contributed by atoms with Gasteiger partial charge >= 0.3 is 6.03 Å². The highest BCUT2D eigenvalue weighted by molar-refractivity contribution is 6.03. The SMILES string of the molecule is COc1ccccc1-c1cc(C(=O)N2CC(N3C(=O)CNC3=O)C2)[nH]n1. The zero-order valence-corrected chi connectivity index (χ0v) is 14.1. The fourth-order valence-electron chi connectivity index (χ4n) is 3.18. The minimum atomic E-state index is -0.396. The van der Waals surface area contributed by atoms with E-state index in [1.54, 1.807) is 18.1 Å². The summed E-state index contributed by atoms with van der Waals surface area (Å²) in [6.45, 7) is 0.661. The number of hydrogen-bond acceptors (Lipinski definition) is 5. The fraction of sp³-hybridized carbons (Fsp3) is 0.294. The van der Waals surface area contributed by atoms with Crippen LogP contribution in [-0.4, -0.2) is 70.6 Å². The number of rotatable bonds is 4. The number of aromatic amines is 1. The van der Waals surface area contributed by atoms with Crippen LogP contribution >= 0.6 is 0 Å². The van der Waals surface area contributed by atoms with Crippen LogP contribution in [0.2, 0.25) is 0 Å². The standard InChI is InChI=1S/C17H17N5O4/c1-26-14-5-3-2-4-11(14)12-6-13(20-19-12)16(24)21-8-10(9-21)22-15(23)7-18-17(22)25/h2-6,10H,7-9H2,1H3,(H,18,25)(H,19,20). The molecule has 2 fully saturated rings. The van der Waals surface area contributed by atoms with Gasteiger partial charge in [-0.3, -0.25) is 19.6 Å². The van der Waals surface area contributed by atoms with Gasteiger partial charge in [-0.1, -0.05) is 12.1 Å². The third kappa shape index (κ3) is 2.57. The molecule has 134 valence electrons. The van der Waals surface area contributed by atoms with Gasteiger partial charge in [-0.25, -0.2) is 4.79 Å². The van der Waals surface area contributed by atoms with Crippen LogP contribution in [0.25, 0.3) is 11.3 Å². The molecule has 26 heavy (non-hydrogen) atoms. The molecule has 0 bridgehead atoms. The predicted molar refractivity (Wildman–Crippen MR) is 90.5 cm³/mol. The maximum Gasteiger partial charge on any atom is 0.324 e. The lowest BCUT2D eigenvalue weighted by molar-refractivity contribution is -0.128. The van der Waals surface area contributed by atoms with E-state index in [4.69, 9.17) is 4.74 Å². The molecule has 0 radical (unpaired) electrons. The summed E-state index contributed by atoms with van der Waals surface area (Å²) in [4.78, 5) is 38.7. The zero-order valence-electron chi connectivity index (χ0n) is 14.1. The van der Waals surface area contributed by atoms with Crippen LogP contribution in [0.15, 0.2) is 30.3 Å². The molecular weight excluding hydrogens is 338 g/mol. The predicted octanol–water partition coefficient (Wildman–Crippen LogP) is 0.461. The number of aromatic nitrogens is 2. The lowest BCUT2D eigenvalue weighted by atomic mass is 10.1. The molecule has 2 saturated heterocycles. The summed E-state index contributed by atoms with van der Waals surface area (Å²) in [5, 5.41) is 9.43. The first-order valence-corrected chi connectivity index (χ1v) is 8.16. The number of methoxy groups -OCH3 is 1. The molecule has 9 nitrogen and oxygen atoms in total. The Morgan fingerprint density at radius 2 is 2.04 bits per heavy atom. The Morgan fingerprint density at radius 1 is 1.27 bits per heavy atom. The summed E-state index contributed by atoms with van der Waals surface area (Å²) in [5.74, 6) is 0.189. The van der Waals surface area contributed by atoms with Crippen molar-refractivity contribution < 1.29 is 19.1 Å². The van der Waals surface area contributed by atoms with E-state index in [0.717, 1.165) is 5.56 Å². The molecule has 0 spiro atoms. The number of hydrogen-bond donors (Lipinski definition) is 2. The maximum atomic E-state index is 12.6. The summed E-state index contributed by atoms with van der Waals surface area (Å²) in [6.07, 6.45) is 0. The van der Waals surface area contributed by atoms with E-state index in [0.29, 0.717) is 30.2 Å². The molecule has 4 rings (SSSR count). The third-order valence-corrected chi connectivity index (χ3v) is 4.58. The average Bonchev–Trinajstić information content (AvgIpc) is 3.22. The smallest absolute Gasteiger partial charge is 0.324 e. The number of nitrogens with one attached hydrogen (secondary N) is 2. The first-order valence-electron chi connectivity index (χ1n) is 8.16. The van der Waals surface area contributed by atoms with Gasteiger partial charge in [0.2, 0.25) is 5.91 Å². The van der Waals surface area contributed by atoms with Crippen molar-refractivity contribution in [2.45, 2.75) is 6.04 Å². The highest BCUT2D eigenvalue weighted by atomic mass is 16.5. The van der Waals surface area contributed by atoms with Crippen LogP contribution in [0.1, 0.15) is 10.5 Å². The molecule has 0 atom stereocenters. The van der Waals surface area contributed by atoms with E-state index >= 15 is 0 Å². The highest BCUT2D eigenvalue weighted by Crippen LogP contribution is 2.29. The zero-order chi connectivity index (χ0) is 18.3. The number of carbonyl (C=O) groups excluding carboxylic acids is 3. The molecule has 0 unspecified atom stereocenters. The van der Waals surface area contributed by atoms with E-state index in [2.05, 4.69) is 15.5 Å². The van der Waals surface area contributed by atoms with E-state index in [1.807, 2.05) is 24.3 Å². The highest BCUT2D eigenvalue weighted by Gasteiger charge is 2.43. The second-order valence-electron chi connectivity index (χ2n) is 6.15. The van der Waals surface area contributed by atoms with Crippen LogP contribution in [0.5, 0.6) is 5.75 Å². The van der Waals surface area contributed by atoms with Gasteiger partial charge in [-0.2, -0.15) is 5.10 Å². The molecule has 9 heteroatoms. The van der Waals surface area contributed by atoms with Crippen LogP contribution in [0.3, 0.4) is 0 Å². The van der Waals surface area contributed by atoms with E-state index < -0.39 is 6.03 Å². The van der Waals surface area contributed by atoms with Crippen LogP contribution in [0, 0.1) is 0 Å². The van der Waals surface area contributed by atoms with E-state index in [9.17, 15) is 14.4 Å². The summed E-state index contributed by atoms with van der Waals surface area (Å²) in [7, 11) is 1.58.